The first kappa shape index (κ1) is 7.21. The van der Waals surface area contributed by atoms with Crippen LogP contribution in [0.2, 0.25) is 0 Å². The third-order valence-electron chi connectivity index (χ3n) is 1.64. The van der Waals surface area contributed by atoms with Crippen LogP contribution in [-0.4, -0.2) is 41.9 Å². The lowest BCUT2D eigenvalue weighted by Gasteiger charge is -2.34. The highest BCUT2D eigenvalue weighted by Crippen LogP contribution is 2.13. The molecule has 10 heavy (non-hydrogen) atoms. The fraction of sp³-hybridized carbons (Fsp3) is 0.667. The number of carboxylic acid groups (broad SMARTS) is 1. The summed E-state index contributed by atoms with van der Waals surface area (Å²) in [5.41, 5.74) is 0. The Morgan fingerprint density at radius 3 is 2.70 bits per heavy atom. The Bertz CT molecular complexity index is 151. The Labute approximate surface area is 58.4 Å². The van der Waals surface area contributed by atoms with Crippen LogP contribution in [0.15, 0.2) is 0 Å². The fourth-order valence-corrected chi connectivity index (χ4v) is 0.981. The van der Waals surface area contributed by atoms with E-state index in [1.54, 1.807) is 4.90 Å². The number of aliphatic carboxylic acids is 1. The number of carboxylic acids is 1. The lowest BCUT2D eigenvalue weighted by Crippen LogP contribution is -2.50. The molecule has 1 saturated heterocycles. The van der Waals surface area contributed by atoms with Crippen molar-refractivity contribution in [2.24, 2.45) is 5.92 Å². The summed E-state index contributed by atoms with van der Waals surface area (Å²) in [4.78, 5) is 21.9. The lowest BCUT2D eigenvalue weighted by atomic mass is 10.0. The monoisotopic (exact) mass is 143 g/mol. The van der Waals surface area contributed by atoms with Crippen LogP contribution in [0.3, 0.4) is 0 Å². The van der Waals surface area contributed by atoms with E-state index in [-0.39, 0.29) is 5.92 Å². The number of carbonyl (C=O) groups is 2. The fourth-order valence-electron chi connectivity index (χ4n) is 0.981. The molecule has 0 unspecified atom stereocenters. The van der Waals surface area contributed by atoms with Crippen molar-refractivity contribution >= 4 is 12.3 Å². The minimum atomic E-state index is -0.762. The van der Waals surface area contributed by atoms with E-state index in [4.69, 9.17) is 5.11 Å². The molecule has 0 saturated carbocycles. The van der Waals surface area contributed by atoms with E-state index in [2.05, 4.69) is 0 Å². The Morgan fingerprint density at radius 1 is 1.70 bits per heavy atom. The van der Waals surface area contributed by atoms with Crippen LogP contribution in [0.25, 0.3) is 0 Å². The lowest BCUT2D eigenvalue weighted by molar-refractivity contribution is -0.148. The van der Waals surface area contributed by atoms with Crippen molar-refractivity contribution in [1.29, 1.82) is 0 Å². The Morgan fingerprint density at radius 2 is 2.30 bits per heavy atom. The maximum absolute atomic E-state index is 10.2. The molecule has 0 radical (unpaired) electrons. The van der Waals surface area contributed by atoms with Crippen LogP contribution in [0, 0.1) is 5.92 Å². The summed E-state index contributed by atoms with van der Waals surface area (Å²) in [5.74, 6) is -1.01. The number of likely N-dealkylation sites (tertiary alicyclic amines) is 1. The Kier molecular flexibility index (Phi) is 2.01. The smallest absolute Gasteiger partial charge is 0.309 e. The van der Waals surface area contributed by atoms with Crippen molar-refractivity contribution in [3.8, 4) is 0 Å². The summed E-state index contributed by atoms with van der Waals surface area (Å²) in [5, 5.41) is 8.40. The van der Waals surface area contributed by atoms with Crippen LogP contribution < -0.4 is 0 Å². The summed E-state index contributed by atoms with van der Waals surface area (Å²) in [7, 11) is 0. The van der Waals surface area contributed by atoms with Gasteiger partial charge in [-0.15, -0.1) is 0 Å². The normalized spacial score (nSPS) is 20.0. The molecule has 0 spiro atoms. The van der Waals surface area contributed by atoms with E-state index < -0.39 is 5.97 Å². The van der Waals surface area contributed by atoms with Gasteiger partial charge in [0.25, 0.3) is 0 Å². The Balaban J connectivity index is 2.17. The van der Waals surface area contributed by atoms with Crippen molar-refractivity contribution in [3.63, 3.8) is 0 Å². The molecule has 4 heteroatoms. The van der Waals surface area contributed by atoms with Gasteiger partial charge in [-0.25, -0.2) is 0 Å². The number of rotatable bonds is 3. The van der Waals surface area contributed by atoms with Crippen molar-refractivity contribution in [3.05, 3.63) is 0 Å². The van der Waals surface area contributed by atoms with Crippen LogP contribution in [0.5, 0.6) is 0 Å². The predicted octanol–water partition coefficient (Wildman–Crippen LogP) is -0.798. The highest BCUT2D eigenvalue weighted by atomic mass is 16.4. The maximum atomic E-state index is 10.2. The van der Waals surface area contributed by atoms with Crippen molar-refractivity contribution in [2.75, 3.05) is 19.6 Å². The quantitative estimate of drug-likeness (QED) is 0.525. The topological polar surface area (TPSA) is 57.6 Å². The average molecular weight is 143 g/mol. The van der Waals surface area contributed by atoms with E-state index in [1.807, 2.05) is 0 Å². The molecule has 1 rings (SSSR count). The first-order chi connectivity index (χ1) is 4.74. The van der Waals surface area contributed by atoms with Gasteiger partial charge in [0.15, 0.2) is 0 Å². The molecule has 1 N–H and O–H groups in total. The second-order valence-corrected chi connectivity index (χ2v) is 2.42. The molecule has 1 aliphatic heterocycles. The summed E-state index contributed by atoms with van der Waals surface area (Å²) < 4.78 is 0. The predicted molar refractivity (Wildman–Crippen MR) is 33.6 cm³/mol. The molecule has 1 heterocycles. The molecular weight excluding hydrogens is 134 g/mol. The van der Waals surface area contributed by atoms with E-state index >= 15 is 0 Å². The third-order valence-corrected chi connectivity index (χ3v) is 1.64. The molecule has 0 atom stereocenters. The SMILES string of the molecule is O=CCN1CC(C(=O)O)C1. The second kappa shape index (κ2) is 2.79. The van der Waals surface area contributed by atoms with Crippen LogP contribution in [0.1, 0.15) is 0 Å². The van der Waals surface area contributed by atoms with Gasteiger partial charge in [-0.3, -0.25) is 9.69 Å². The molecule has 0 aliphatic carbocycles. The molecular formula is C6H9NO3. The van der Waals surface area contributed by atoms with Gasteiger partial charge in [-0.05, 0) is 0 Å². The zero-order valence-corrected chi connectivity index (χ0v) is 5.49. The van der Waals surface area contributed by atoms with Gasteiger partial charge in [0.05, 0.1) is 12.5 Å². The van der Waals surface area contributed by atoms with Gasteiger partial charge in [0.2, 0.25) is 0 Å². The highest BCUT2D eigenvalue weighted by Gasteiger charge is 2.31. The van der Waals surface area contributed by atoms with E-state index in [0.717, 1.165) is 6.29 Å². The van der Waals surface area contributed by atoms with Crippen molar-refractivity contribution < 1.29 is 14.7 Å². The van der Waals surface area contributed by atoms with Crippen LogP contribution in [-0.2, 0) is 9.59 Å². The van der Waals surface area contributed by atoms with Gasteiger partial charge in [-0.2, -0.15) is 0 Å². The number of carbonyl (C=O) groups excluding carboxylic acids is 1. The number of hydrogen-bond acceptors (Lipinski definition) is 3. The number of nitrogens with zero attached hydrogens (tertiary/aromatic N) is 1. The summed E-state index contributed by atoms with van der Waals surface area (Å²) >= 11 is 0. The first-order valence-electron chi connectivity index (χ1n) is 3.13. The zero-order chi connectivity index (χ0) is 7.56. The van der Waals surface area contributed by atoms with E-state index in [1.165, 1.54) is 0 Å². The van der Waals surface area contributed by atoms with Gasteiger partial charge in [0, 0.05) is 13.1 Å². The molecule has 56 valence electrons. The van der Waals surface area contributed by atoms with Crippen molar-refractivity contribution in [1.82, 2.24) is 4.90 Å². The summed E-state index contributed by atoms with van der Waals surface area (Å²) in [6.07, 6.45) is 0.790. The first-order valence-corrected chi connectivity index (χ1v) is 3.13. The standard InChI is InChI=1S/C6H9NO3/c8-2-1-7-3-5(4-7)6(9)10/h2,5H,1,3-4H2,(H,9,10). The van der Waals surface area contributed by atoms with Gasteiger partial charge in [-0.1, -0.05) is 0 Å². The molecule has 0 aromatic rings. The molecule has 4 nitrogen and oxygen atoms in total. The van der Waals surface area contributed by atoms with E-state index in [0.29, 0.717) is 19.6 Å². The van der Waals surface area contributed by atoms with Crippen LogP contribution in [0.4, 0.5) is 0 Å². The van der Waals surface area contributed by atoms with Gasteiger partial charge < -0.3 is 9.90 Å². The minimum Gasteiger partial charge on any atom is -0.481 e. The molecule has 0 aromatic heterocycles. The molecule has 0 bridgehead atoms. The second-order valence-electron chi connectivity index (χ2n) is 2.42. The largest absolute Gasteiger partial charge is 0.481 e. The summed E-state index contributed by atoms with van der Waals surface area (Å²) in [6.45, 7) is 1.41. The van der Waals surface area contributed by atoms with Gasteiger partial charge in [0.1, 0.15) is 6.29 Å². The molecule has 0 amide bonds. The van der Waals surface area contributed by atoms with Crippen LogP contribution >= 0.6 is 0 Å². The molecule has 1 aliphatic rings. The highest BCUT2D eigenvalue weighted by molar-refractivity contribution is 5.71. The molecule has 1 fully saturated rings. The third kappa shape index (κ3) is 1.33. The molecule has 0 aromatic carbocycles. The minimum absolute atomic E-state index is 0.250. The summed E-state index contributed by atoms with van der Waals surface area (Å²) in [6, 6.07) is 0. The average Bonchev–Trinajstić information content (AvgIpc) is 1.76. The maximum Gasteiger partial charge on any atom is 0.309 e. The van der Waals surface area contributed by atoms with E-state index in [9.17, 15) is 9.59 Å². The number of hydrogen-bond donors (Lipinski definition) is 1. The van der Waals surface area contributed by atoms with Gasteiger partial charge >= 0.3 is 5.97 Å². The van der Waals surface area contributed by atoms with Crippen molar-refractivity contribution in [2.45, 2.75) is 0 Å². The number of aldehydes is 1. The zero-order valence-electron chi connectivity index (χ0n) is 5.49. The Hall–Kier alpha value is -0.900.